The Balaban J connectivity index is 0.000000146. The summed E-state index contributed by atoms with van der Waals surface area (Å²) >= 11 is 0. The number of nitrogens with zero attached hydrogens (tertiary/aromatic N) is 10. The van der Waals surface area contributed by atoms with Gasteiger partial charge in [0.1, 0.15) is 11.3 Å². The van der Waals surface area contributed by atoms with Crippen molar-refractivity contribution in [3.63, 3.8) is 0 Å². The molecule has 2 aliphatic carbocycles. The summed E-state index contributed by atoms with van der Waals surface area (Å²) in [6.07, 6.45) is 13.9. The first-order chi connectivity index (χ1) is 32.1. The van der Waals surface area contributed by atoms with Crippen molar-refractivity contribution in [2.24, 2.45) is 0 Å². The van der Waals surface area contributed by atoms with E-state index >= 15 is 0 Å². The topological polar surface area (TPSA) is 167 Å². The number of ketones is 2. The second-order valence-electron chi connectivity index (χ2n) is 17.3. The second-order valence-corrected chi connectivity index (χ2v) is 17.3. The lowest BCUT2D eigenvalue weighted by molar-refractivity contribution is -0.130. The summed E-state index contributed by atoms with van der Waals surface area (Å²) < 4.78 is 8.28. The van der Waals surface area contributed by atoms with Crippen molar-refractivity contribution in [1.29, 1.82) is 10.5 Å². The minimum Gasteiger partial charge on any atom is -0.345 e. The first-order valence-electron chi connectivity index (χ1n) is 22.1. The van der Waals surface area contributed by atoms with Gasteiger partial charge >= 0.3 is 0 Å². The lowest BCUT2D eigenvalue weighted by atomic mass is 9.96. The maximum absolute atomic E-state index is 13.2. The lowest BCUT2D eigenvalue weighted by Crippen LogP contribution is -2.29. The molecule has 8 heterocycles. The standard InChI is InChI=1S/2C26H21N5O2/c1-16(32)29-8-9-30-15-21(20-11-17(12-27)10-18(14-29)26(20)30)25-19(5-6-23(25)33)22-13-28-24-4-2-3-7-31(22)24;1-16(32)29-8-9-30-15-21(20-11-17(12-27)10-18(14-29)26(20)30)19-5-6-23(33)25(19)22-13-28-24-4-2-3-7-31(22)24/h2*2-4,7,10-11,13,15H,5-6,8-9,14H2,1H3. The Hall–Kier alpha value is -8.36. The van der Waals surface area contributed by atoms with Crippen molar-refractivity contribution in [1.82, 2.24) is 37.7 Å². The second kappa shape index (κ2) is 15.7. The van der Waals surface area contributed by atoms with Crippen LogP contribution in [0.5, 0.6) is 0 Å². The van der Waals surface area contributed by atoms with Crippen molar-refractivity contribution >= 4 is 78.8 Å². The van der Waals surface area contributed by atoms with Gasteiger partial charge in [0.2, 0.25) is 11.8 Å². The number of nitriles is 2. The Bertz CT molecular complexity index is 3600. The third kappa shape index (κ3) is 6.52. The Morgan fingerprint density at radius 2 is 1.09 bits per heavy atom. The number of Topliss-reactive ketones (excluding diaryl/α,β-unsaturated/α-hetero) is 2. The summed E-state index contributed by atoms with van der Waals surface area (Å²) in [6.45, 7) is 6.58. The number of hydrogen-bond acceptors (Lipinski definition) is 8. The summed E-state index contributed by atoms with van der Waals surface area (Å²) in [5, 5.41) is 21.2. The van der Waals surface area contributed by atoms with Crippen LogP contribution in [0.3, 0.4) is 0 Å². The van der Waals surface area contributed by atoms with E-state index in [1.165, 1.54) is 0 Å². The van der Waals surface area contributed by atoms with Crippen LogP contribution in [-0.2, 0) is 45.4 Å². The number of aromatic nitrogens is 6. The van der Waals surface area contributed by atoms with E-state index in [9.17, 15) is 29.7 Å². The van der Waals surface area contributed by atoms with Gasteiger partial charge in [-0.1, -0.05) is 12.1 Å². The maximum atomic E-state index is 13.2. The van der Waals surface area contributed by atoms with Crippen LogP contribution in [0, 0.1) is 22.7 Å². The van der Waals surface area contributed by atoms with Gasteiger partial charge in [-0.25, -0.2) is 9.97 Å². The van der Waals surface area contributed by atoms with E-state index < -0.39 is 0 Å². The zero-order valence-corrected chi connectivity index (χ0v) is 36.4. The zero-order chi connectivity index (χ0) is 45.4. The first-order valence-corrected chi connectivity index (χ1v) is 22.1. The smallest absolute Gasteiger partial charge is 0.219 e. The monoisotopic (exact) mass is 870 g/mol. The van der Waals surface area contributed by atoms with Crippen LogP contribution in [0.4, 0.5) is 0 Å². The molecule has 8 aromatic rings. The van der Waals surface area contributed by atoms with Gasteiger partial charge in [-0.15, -0.1) is 0 Å². The van der Waals surface area contributed by atoms with Gasteiger partial charge in [0.05, 0.1) is 58.1 Å². The number of imidazole rings is 2. The van der Waals surface area contributed by atoms with Gasteiger partial charge < -0.3 is 18.9 Å². The molecule has 14 heteroatoms. The van der Waals surface area contributed by atoms with Crippen LogP contribution in [0.15, 0.2) is 97.8 Å². The molecule has 6 aromatic heterocycles. The number of allylic oxidation sites excluding steroid dienone is 4. The van der Waals surface area contributed by atoms with Crippen molar-refractivity contribution in [2.45, 2.75) is 65.7 Å². The van der Waals surface area contributed by atoms with E-state index in [1.54, 1.807) is 24.9 Å². The number of pyridine rings is 2. The normalized spacial score (nSPS) is 16.0. The van der Waals surface area contributed by atoms with Gasteiger partial charge in [-0.3, -0.25) is 28.0 Å². The molecule has 0 unspecified atom stereocenters. The van der Waals surface area contributed by atoms with Gasteiger partial charge in [-0.05, 0) is 83.6 Å². The van der Waals surface area contributed by atoms with Crippen molar-refractivity contribution < 1.29 is 19.2 Å². The fourth-order valence-electron chi connectivity index (χ4n) is 10.5. The summed E-state index contributed by atoms with van der Waals surface area (Å²) in [4.78, 5) is 63.1. The van der Waals surface area contributed by atoms with Gasteiger partial charge in [0, 0.05) is 124 Å². The fourth-order valence-corrected chi connectivity index (χ4v) is 10.5. The zero-order valence-electron chi connectivity index (χ0n) is 36.4. The van der Waals surface area contributed by atoms with Gasteiger partial charge in [0.15, 0.2) is 11.6 Å². The lowest BCUT2D eigenvalue weighted by Gasteiger charge is -2.18. The molecule has 0 saturated heterocycles. The molecule has 0 atom stereocenters. The predicted octanol–water partition coefficient (Wildman–Crippen LogP) is 7.59. The quantitative estimate of drug-likeness (QED) is 0.174. The van der Waals surface area contributed by atoms with E-state index in [-0.39, 0.29) is 23.4 Å². The van der Waals surface area contributed by atoms with Crippen molar-refractivity contribution in [2.75, 3.05) is 13.1 Å². The molecule has 2 aromatic carbocycles. The van der Waals surface area contributed by atoms with Crippen LogP contribution < -0.4 is 0 Å². The van der Waals surface area contributed by atoms with Crippen LogP contribution in [0.2, 0.25) is 0 Å². The van der Waals surface area contributed by atoms with Crippen LogP contribution >= 0.6 is 0 Å². The number of carbonyl (C=O) groups is 4. The molecule has 2 amide bonds. The molecular formula is C52H42N10O4. The van der Waals surface area contributed by atoms with E-state index in [0.717, 1.165) is 83.5 Å². The minimum absolute atomic E-state index is 0.0139. The SMILES string of the molecule is CC(=O)N1CCn2cc(C3=C(c4cnc5ccccn45)C(=O)CC3)c3cc(C#N)cc(c32)C1.CC(=O)N1CCn2cc(C3=C(c4cnc5ccccn45)CCC3=O)c3cc(C#N)cc(c32)C1. The van der Waals surface area contributed by atoms with Gasteiger partial charge in [-0.2, -0.15) is 10.5 Å². The molecule has 4 aliphatic rings. The van der Waals surface area contributed by atoms with Crippen molar-refractivity contribution in [3.05, 3.63) is 143 Å². The number of amides is 2. The molecule has 0 saturated carbocycles. The van der Waals surface area contributed by atoms with E-state index in [2.05, 4.69) is 37.4 Å². The maximum Gasteiger partial charge on any atom is 0.219 e. The molecular weight excluding hydrogens is 829 g/mol. The number of hydrogen-bond donors (Lipinski definition) is 0. The van der Waals surface area contributed by atoms with Crippen LogP contribution in [0.25, 0.3) is 55.4 Å². The number of fused-ring (bicyclic) bond motifs is 2. The Kier molecular flexibility index (Phi) is 9.62. The predicted molar refractivity (Wildman–Crippen MR) is 248 cm³/mol. The Morgan fingerprint density at radius 3 is 1.65 bits per heavy atom. The molecule has 0 radical (unpaired) electrons. The average Bonchev–Trinajstić information content (AvgIpc) is 4.17. The van der Waals surface area contributed by atoms with E-state index in [1.807, 2.05) is 99.2 Å². The Labute approximate surface area is 378 Å². The van der Waals surface area contributed by atoms with Crippen molar-refractivity contribution in [3.8, 4) is 12.1 Å². The highest BCUT2D eigenvalue weighted by atomic mass is 16.2. The highest BCUT2D eigenvalue weighted by Crippen LogP contribution is 2.44. The highest BCUT2D eigenvalue weighted by molar-refractivity contribution is 6.33. The molecule has 66 heavy (non-hydrogen) atoms. The third-order valence-corrected chi connectivity index (χ3v) is 13.6. The molecule has 12 rings (SSSR count). The number of carbonyl (C=O) groups excluding carboxylic acids is 4. The largest absolute Gasteiger partial charge is 0.345 e. The first kappa shape index (κ1) is 40.4. The molecule has 14 nitrogen and oxygen atoms in total. The summed E-state index contributed by atoms with van der Waals surface area (Å²) in [5.41, 5.74) is 13.7. The van der Waals surface area contributed by atoms with Gasteiger partial charge in [0.25, 0.3) is 0 Å². The number of rotatable bonds is 4. The third-order valence-electron chi connectivity index (χ3n) is 13.6. The molecule has 324 valence electrons. The Morgan fingerprint density at radius 1 is 0.591 bits per heavy atom. The minimum atomic E-state index is 0.0139. The molecule has 0 bridgehead atoms. The highest BCUT2D eigenvalue weighted by Gasteiger charge is 2.33. The molecule has 0 N–H and O–H groups in total. The van der Waals surface area contributed by atoms with E-state index in [0.29, 0.717) is 81.7 Å². The fraction of sp³-hybridized carbons (Fsp3) is 0.231. The average molecular weight is 871 g/mol. The summed E-state index contributed by atoms with van der Waals surface area (Å²) in [5.74, 6) is 0.264. The molecule has 2 aliphatic heterocycles. The van der Waals surface area contributed by atoms with E-state index in [4.69, 9.17) is 0 Å². The summed E-state index contributed by atoms with van der Waals surface area (Å²) in [6, 6.07) is 23.7. The number of benzene rings is 2. The molecule has 0 spiro atoms. The molecule has 0 fully saturated rings. The van der Waals surface area contributed by atoms with Crippen LogP contribution in [-0.4, -0.2) is 74.2 Å². The summed E-state index contributed by atoms with van der Waals surface area (Å²) in [7, 11) is 0. The van der Waals surface area contributed by atoms with Crippen LogP contribution in [0.1, 0.15) is 84.3 Å².